The van der Waals surface area contributed by atoms with Crippen LogP contribution in [0.1, 0.15) is 30.1 Å². The first kappa shape index (κ1) is 16.6. The lowest BCUT2D eigenvalue weighted by atomic mass is 9.78. The standard InChI is InChI=1S/C20H16FN3OS/c21-12-6-8-13(9-7-12)24-15-3-1-4-16(25)19(15)18(14(11-22)20(24)23)17-5-2-10-26-17/h2,5-10,18H,1,3-4,23H2/t18-/m1/s1. The van der Waals surface area contributed by atoms with Gasteiger partial charge in [-0.2, -0.15) is 5.26 Å². The third-order valence-electron chi connectivity index (χ3n) is 4.83. The Morgan fingerprint density at radius 2 is 2.00 bits per heavy atom. The van der Waals surface area contributed by atoms with Crippen molar-refractivity contribution >= 4 is 22.8 Å². The second-order valence-electron chi connectivity index (χ2n) is 6.31. The molecule has 0 fully saturated rings. The minimum absolute atomic E-state index is 0.0528. The smallest absolute Gasteiger partial charge is 0.161 e. The zero-order valence-electron chi connectivity index (χ0n) is 13.9. The van der Waals surface area contributed by atoms with Gasteiger partial charge in [-0.05, 0) is 48.6 Å². The number of nitrogens with zero attached hydrogens (tertiary/aromatic N) is 2. The van der Waals surface area contributed by atoms with Crippen LogP contribution in [0.15, 0.2) is 64.4 Å². The van der Waals surface area contributed by atoms with Crippen LogP contribution in [-0.4, -0.2) is 5.78 Å². The molecular weight excluding hydrogens is 349 g/mol. The number of carbonyl (C=O) groups is 1. The van der Waals surface area contributed by atoms with Gasteiger partial charge in [0, 0.05) is 28.3 Å². The van der Waals surface area contributed by atoms with E-state index in [4.69, 9.17) is 5.73 Å². The molecular formula is C20H16FN3OS. The normalized spacial score (nSPS) is 20.2. The largest absolute Gasteiger partial charge is 0.384 e. The minimum atomic E-state index is -0.417. The SMILES string of the molecule is N#CC1=C(N)N(c2ccc(F)cc2)C2=C(C(=O)CCC2)[C@H]1c1cccs1. The zero-order valence-corrected chi connectivity index (χ0v) is 14.7. The number of hydrogen-bond acceptors (Lipinski definition) is 5. The third-order valence-corrected chi connectivity index (χ3v) is 5.76. The topological polar surface area (TPSA) is 70.1 Å². The fourth-order valence-electron chi connectivity index (χ4n) is 3.71. The Morgan fingerprint density at radius 1 is 1.23 bits per heavy atom. The molecule has 130 valence electrons. The van der Waals surface area contributed by atoms with E-state index in [2.05, 4.69) is 6.07 Å². The fraction of sp³-hybridized carbons (Fsp3) is 0.200. The van der Waals surface area contributed by atoms with Gasteiger partial charge < -0.3 is 5.73 Å². The summed E-state index contributed by atoms with van der Waals surface area (Å²) < 4.78 is 13.4. The van der Waals surface area contributed by atoms with Gasteiger partial charge in [-0.1, -0.05) is 6.07 Å². The molecule has 1 aliphatic carbocycles. The summed E-state index contributed by atoms with van der Waals surface area (Å²) in [4.78, 5) is 15.5. The molecule has 2 N–H and O–H groups in total. The first-order chi connectivity index (χ1) is 12.6. The highest BCUT2D eigenvalue weighted by Crippen LogP contribution is 2.47. The predicted molar refractivity (Wildman–Crippen MR) is 98.6 cm³/mol. The summed E-state index contributed by atoms with van der Waals surface area (Å²) in [5.41, 5.74) is 8.89. The number of ketones is 1. The Morgan fingerprint density at radius 3 is 2.65 bits per heavy atom. The van der Waals surface area contributed by atoms with Gasteiger partial charge in [-0.15, -0.1) is 11.3 Å². The summed E-state index contributed by atoms with van der Waals surface area (Å²) in [6.07, 6.45) is 1.90. The number of allylic oxidation sites excluding steroid dienone is 3. The lowest BCUT2D eigenvalue weighted by Gasteiger charge is -2.39. The molecule has 0 amide bonds. The maximum Gasteiger partial charge on any atom is 0.161 e. The number of thiophene rings is 1. The van der Waals surface area contributed by atoms with Crippen LogP contribution in [0, 0.1) is 17.1 Å². The number of benzene rings is 1. The van der Waals surface area contributed by atoms with Crippen molar-refractivity contribution in [1.29, 1.82) is 5.26 Å². The molecule has 2 heterocycles. The maximum atomic E-state index is 13.4. The summed E-state index contributed by atoms with van der Waals surface area (Å²) in [6, 6.07) is 12.0. The summed E-state index contributed by atoms with van der Waals surface area (Å²) in [6.45, 7) is 0. The lowest BCUT2D eigenvalue weighted by Crippen LogP contribution is -2.38. The van der Waals surface area contributed by atoms with Crippen LogP contribution in [-0.2, 0) is 4.79 Å². The van der Waals surface area contributed by atoms with Crippen LogP contribution in [0.25, 0.3) is 0 Å². The lowest BCUT2D eigenvalue weighted by molar-refractivity contribution is -0.116. The van der Waals surface area contributed by atoms with Gasteiger partial charge in [0.2, 0.25) is 0 Å². The summed E-state index contributed by atoms with van der Waals surface area (Å²) in [7, 11) is 0. The Labute approximate surface area is 154 Å². The van der Waals surface area contributed by atoms with E-state index < -0.39 is 5.92 Å². The average Bonchev–Trinajstić information content (AvgIpc) is 3.16. The number of nitriles is 1. The molecule has 0 saturated carbocycles. The zero-order chi connectivity index (χ0) is 18.3. The van der Waals surface area contributed by atoms with Crippen molar-refractivity contribution in [2.24, 2.45) is 5.73 Å². The Balaban J connectivity index is 1.96. The molecule has 0 bridgehead atoms. The quantitative estimate of drug-likeness (QED) is 0.866. The van der Waals surface area contributed by atoms with E-state index >= 15 is 0 Å². The monoisotopic (exact) mass is 365 g/mol. The van der Waals surface area contributed by atoms with Gasteiger partial charge in [0.05, 0.1) is 17.6 Å². The second kappa shape index (κ2) is 6.43. The number of hydrogen-bond donors (Lipinski definition) is 1. The predicted octanol–water partition coefficient (Wildman–Crippen LogP) is 4.19. The molecule has 4 nitrogen and oxygen atoms in total. The number of halogens is 1. The highest BCUT2D eigenvalue weighted by molar-refractivity contribution is 7.10. The van der Waals surface area contributed by atoms with Crippen molar-refractivity contribution in [2.45, 2.75) is 25.2 Å². The van der Waals surface area contributed by atoms with Gasteiger partial charge in [0.15, 0.2) is 5.78 Å². The van der Waals surface area contributed by atoms with Gasteiger partial charge in [-0.3, -0.25) is 9.69 Å². The van der Waals surface area contributed by atoms with E-state index in [0.717, 1.165) is 17.0 Å². The molecule has 0 spiro atoms. The van der Waals surface area contributed by atoms with Gasteiger partial charge in [0.1, 0.15) is 11.6 Å². The molecule has 1 aromatic heterocycles. The highest BCUT2D eigenvalue weighted by Gasteiger charge is 2.40. The van der Waals surface area contributed by atoms with E-state index in [1.165, 1.54) is 23.5 Å². The summed E-state index contributed by atoms with van der Waals surface area (Å²) in [5, 5.41) is 11.7. The molecule has 6 heteroatoms. The van der Waals surface area contributed by atoms with Crippen molar-refractivity contribution in [1.82, 2.24) is 0 Å². The van der Waals surface area contributed by atoms with Gasteiger partial charge in [0.25, 0.3) is 0 Å². The number of Topliss-reactive ketones (excluding diaryl/α,β-unsaturated/α-hetero) is 1. The molecule has 1 aromatic carbocycles. The minimum Gasteiger partial charge on any atom is -0.384 e. The Hall–Kier alpha value is -2.91. The number of rotatable bonds is 2. The fourth-order valence-corrected chi connectivity index (χ4v) is 4.55. The van der Waals surface area contributed by atoms with Crippen LogP contribution < -0.4 is 10.6 Å². The molecule has 2 aromatic rings. The van der Waals surface area contributed by atoms with Crippen LogP contribution in [0.4, 0.5) is 10.1 Å². The highest BCUT2D eigenvalue weighted by atomic mass is 32.1. The first-order valence-corrected chi connectivity index (χ1v) is 9.25. The summed E-state index contributed by atoms with van der Waals surface area (Å²) in [5.74, 6) is -0.401. The molecule has 1 aliphatic heterocycles. The van der Waals surface area contributed by atoms with E-state index in [1.54, 1.807) is 17.0 Å². The van der Waals surface area contributed by atoms with Crippen molar-refractivity contribution in [3.63, 3.8) is 0 Å². The molecule has 0 unspecified atom stereocenters. The van der Waals surface area contributed by atoms with Crippen molar-refractivity contribution < 1.29 is 9.18 Å². The summed E-state index contributed by atoms with van der Waals surface area (Å²) >= 11 is 1.51. The van der Waals surface area contributed by atoms with E-state index in [0.29, 0.717) is 35.5 Å². The van der Waals surface area contributed by atoms with Crippen LogP contribution in [0.3, 0.4) is 0 Å². The first-order valence-electron chi connectivity index (χ1n) is 8.37. The molecule has 26 heavy (non-hydrogen) atoms. The Kier molecular flexibility index (Phi) is 4.09. The second-order valence-corrected chi connectivity index (χ2v) is 7.29. The number of anilines is 1. The molecule has 4 rings (SSSR count). The van der Waals surface area contributed by atoms with E-state index in [9.17, 15) is 14.4 Å². The van der Waals surface area contributed by atoms with Gasteiger partial charge >= 0.3 is 0 Å². The number of carbonyl (C=O) groups excluding carboxylic acids is 1. The van der Waals surface area contributed by atoms with Gasteiger partial charge in [-0.25, -0.2) is 4.39 Å². The Bertz CT molecular complexity index is 967. The van der Waals surface area contributed by atoms with E-state index in [1.807, 2.05) is 17.5 Å². The number of nitrogens with two attached hydrogens (primary N) is 1. The average molecular weight is 365 g/mol. The van der Waals surface area contributed by atoms with Crippen LogP contribution in [0.2, 0.25) is 0 Å². The van der Waals surface area contributed by atoms with Crippen molar-refractivity contribution in [3.05, 3.63) is 75.1 Å². The van der Waals surface area contributed by atoms with Crippen molar-refractivity contribution in [3.8, 4) is 6.07 Å². The van der Waals surface area contributed by atoms with Crippen LogP contribution in [0.5, 0.6) is 0 Å². The van der Waals surface area contributed by atoms with E-state index in [-0.39, 0.29) is 11.6 Å². The molecule has 2 aliphatic rings. The molecule has 0 saturated heterocycles. The maximum absolute atomic E-state index is 13.4. The van der Waals surface area contributed by atoms with Crippen molar-refractivity contribution in [2.75, 3.05) is 4.90 Å². The molecule has 1 atom stereocenters. The van der Waals surface area contributed by atoms with Crippen LogP contribution >= 0.6 is 11.3 Å². The third kappa shape index (κ3) is 2.52. The molecule has 0 radical (unpaired) electrons.